The molecule has 0 radical (unpaired) electrons. The van der Waals surface area contributed by atoms with Crippen LogP contribution in [0.1, 0.15) is 37.7 Å². The highest BCUT2D eigenvalue weighted by atomic mass is 16.5. The van der Waals surface area contributed by atoms with Crippen LogP contribution in [0, 0.1) is 6.92 Å². The Hall–Kier alpha value is -1.22. The lowest BCUT2D eigenvalue weighted by atomic mass is 10.2. The van der Waals surface area contributed by atoms with Gasteiger partial charge in [-0.2, -0.15) is 0 Å². The maximum atomic E-state index is 5.85. The van der Waals surface area contributed by atoms with Gasteiger partial charge in [-0.05, 0) is 57.0 Å². The van der Waals surface area contributed by atoms with Crippen LogP contribution >= 0.6 is 0 Å². The van der Waals surface area contributed by atoms with Gasteiger partial charge in [-0.1, -0.05) is 18.9 Å². The predicted octanol–water partition coefficient (Wildman–Crippen LogP) is 3.65. The summed E-state index contributed by atoms with van der Waals surface area (Å²) in [5.74, 6) is 1.69. The number of nitrogens with zero attached hydrogens (tertiary/aromatic N) is 1. The molecule has 20 heavy (non-hydrogen) atoms. The van der Waals surface area contributed by atoms with Crippen LogP contribution in [0.5, 0.6) is 11.5 Å². The molecule has 1 aliphatic rings. The van der Waals surface area contributed by atoms with Gasteiger partial charge in [0.25, 0.3) is 0 Å². The Morgan fingerprint density at radius 2 is 1.80 bits per heavy atom. The number of methoxy groups -OCH3 is 1. The highest BCUT2D eigenvalue weighted by Gasteiger charge is 2.09. The zero-order valence-electron chi connectivity index (χ0n) is 12.9. The number of hydrogen-bond acceptors (Lipinski definition) is 3. The van der Waals surface area contributed by atoms with Gasteiger partial charge in [-0.3, -0.25) is 0 Å². The lowest BCUT2D eigenvalue weighted by molar-refractivity contribution is 0.234. The highest BCUT2D eigenvalue weighted by molar-refractivity contribution is 5.42. The van der Waals surface area contributed by atoms with Crippen LogP contribution < -0.4 is 9.47 Å². The number of aryl methyl sites for hydroxylation is 1. The summed E-state index contributed by atoms with van der Waals surface area (Å²) in [5.41, 5.74) is 1.19. The van der Waals surface area contributed by atoms with E-state index in [4.69, 9.17) is 9.47 Å². The van der Waals surface area contributed by atoms with Crippen LogP contribution in [0.3, 0.4) is 0 Å². The molecule has 3 heteroatoms. The summed E-state index contributed by atoms with van der Waals surface area (Å²) >= 11 is 0. The van der Waals surface area contributed by atoms with E-state index in [-0.39, 0.29) is 0 Å². The Balaban J connectivity index is 1.72. The van der Waals surface area contributed by atoms with Crippen molar-refractivity contribution >= 4 is 0 Å². The lowest BCUT2D eigenvalue weighted by Crippen LogP contribution is -2.26. The fourth-order valence-electron chi connectivity index (χ4n) is 2.72. The minimum atomic E-state index is 0.760. The first-order valence-electron chi connectivity index (χ1n) is 7.79. The summed E-state index contributed by atoms with van der Waals surface area (Å²) in [4.78, 5) is 2.57. The molecule has 1 heterocycles. The molecule has 2 rings (SSSR count). The van der Waals surface area contributed by atoms with E-state index in [1.807, 2.05) is 12.1 Å². The van der Waals surface area contributed by atoms with E-state index in [1.54, 1.807) is 7.11 Å². The van der Waals surface area contributed by atoms with E-state index in [0.29, 0.717) is 0 Å². The van der Waals surface area contributed by atoms with Crippen molar-refractivity contribution in [3.05, 3.63) is 23.8 Å². The third-order valence-corrected chi connectivity index (χ3v) is 3.89. The number of benzene rings is 1. The monoisotopic (exact) mass is 277 g/mol. The second kappa shape index (κ2) is 8.15. The minimum absolute atomic E-state index is 0.760. The molecule has 1 aliphatic heterocycles. The number of ether oxygens (including phenoxy) is 2. The normalized spacial score (nSPS) is 16.7. The number of likely N-dealkylation sites (tertiary alicyclic amines) is 1. The zero-order chi connectivity index (χ0) is 14.2. The number of hydrogen-bond donors (Lipinski definition) is 0. The van der Waals surface area contributed by atoms with Gasteiger partial charge in [0.1, 0.15) is 0 Å². The molecule has 0 unspecified atom stereocenters. The van der Waals surface area contributed by atoms with Crippen LogP contribution in [0.25, 0.3) is 0 Å². The molecule has 0 amide bonds. The molecule has 0 aliphatic carbocycles. The maximum Gasteiger partial charge on any atom is 0.161 e. The molecule has 0 N–H and O–H groups in total. The fraction of sp³-hybridized carbons (Fsp3) is 0.647. The summed E-state index contributed by atoms with van der Waals surface area (Å²) in [6.45, 7) is 6.48. The lowest BCUT2D eigenvalue weighted by Gasteiger charge is -2.19. The molecule has 0 atom stereocenters. The van der Waals surface area contributed by atoms with Gasteiger partial charge >= 0.3 is 0 Å². The molecule has 0 spiro atoms. The van der Waals surface area contributed by atoms with Crippen molar-refractivity contribution in [3.8, 4) is 11.5 Å². The summed E-state index contributed by atoms with van der Waals surface area (Å²) in [6.07, 6.45) is 6.58. The average Bonchev–Trinajstić information content (AvgIpc) is 2.73. The van der Waals surface area contributed by atoms with Crippen LogP contribution in [0.2, 0.25) is 0 Å². The van der Waals surface area contributed by atoms with Gasteiger partial charge < -0.3 is 14.4 Å². The summed E-state index contributed by atoms with van der Waals surface area (Å²) in [6, 6.07) is 6.08. The quantitative estimate of drug-likeness (QED) is 0.741. The molecule has 1 fully saturated rings. The van der Waals surface area contributed by atoms with Gasteiger partial charge in [0.05, 0.1) is 13.7 Å². The van der Waals surface area contributed by atoms with Crippen LogP contribution in [0.15, 0.2) is 18.2 Å². The van der Waals surface area contributed by atoms with Crippen LogP contribution in [-0.4, -0.2) is 38.3 Å². The van der Waals surface area contributed by atoms with Gasteiger partial charge in [0.15, 0.2) is 11.5 Å². The van der Waals surface area contributed by atoms with Crippen LogP contribution in [0.4, 0.5) is 0 Å². The molecular weight excluding hydrogens is 250 g/mol. The maximum absolute atomic E-state index is 5.85. The number of rotatable bonds is 6. The highest BCUT2D eigenvalue weighted by Crippen LogP contribution is 2.27. The third-order valence-electron chi connectivity index (χ3n) is 3.89. The smallest absolute Gasteiger partial charge is 0.161 e. The second-order valence-electron chi connectivity index (χ2n) is 5.61. The largest absolute Gasteiger partial charge is 0.493 e. The molecule has 112 valence electrons. The second-order valence-corrected chi connectivity index (χ2v) is 5.61. The SMILES string of the molecule is COc1cc(C)ccc1OCCCN1CCCCCC1. The van der Waals surface area contributed by atoms with Gasteiger partial charge in [0, 0.05) is 6.54 Å². The molecular formula is C17H27NO2. The van der Waals surface area contributed by atoms with Crippen molar-refractivity contribution in [2.45, 2.75) is 39.0 Å². The summed E-state index contributed by atoms with van der Waals surface area (Å²) in [5, 5.41) is 0. The van der Waals surface area contributed by atoms with Crippen molar-refractivity contribution < 1.29 is 9.47 Å². The Morgan fingerprint density at radius 3 is 2.50 bits per heavy atom. The van der Waals surface area contributed by atoms with E-state index in [1.165, 1.54) is 44.3 Å². The predicted molar refractivity (Wildman–Crippen MR) is 82.8 cm³/mol. The van der Waals surface area contributed by atoms with Crippen molar-refractivity contribution in [1.82, 2.24) is 4.90 Å². The van der Waals surface area contributed by atoms with Gasteiger partial charge in [-0.15, -0.1) is 0 Å². The van der Waals surface area contributed by atoms with Gasteiger partial charge in [0.2, 0.25) is 0 Å². The summed E-state index contributed by atoms with van der Waals surface area (Å²) < 4.78 is 11.2. The Labute approximate surface area is 122 Å². The van der Waals surface area contributed by atoms with E-state index < -0.39 is 0 Å². The molecule has 3 nitrogen and oxygen atoms in total. The van der Waals surface area contributed by atoms with E-state index in [2.05, 4.69) is 17.9 Å². The first-order valence-corrected chi connectivity index (χ1v) is 7.79. The van der Waals surface area contributed by atoms with Crippen LogP contribution in [-0.2, 0) is 0 Å². The first kappa shape index (κ1) is 15.2. The van der Waals surface area contributed by atoms with E-state index >= 15 is 0 Å². The third kappa shape index (κ3) is 4.71. The Bertz CT molecular complexity index is 398. The van der Waals surface area contributed by atoms with E-state index in [9.17, 15) is 0 Å². The van der Waals surface area contributed by atoms with Crippen molar-refractivity contribution in [1.29, 1.82) is 0 Å². The minimum Gasteiger partial charge on any atom is -0.493 e. The summed E-state index contributed by atoms with van der Waals surface area (Å²) in [7, 11) is 1.69. The van der Waals surface area contributed by atoms with Gasteiger partial charge in [-0.25, -0.2) is 0 Å². The average molecular weight is 277 g/mol. The van der Waals surface area contributed by atoms with Crippen molar-refractivity contribution in [2.75, 3.05) is 33.4 Å². The van der Waals surface area contributed by atoms with Crippen molar-refractivity contribution in [2.24, 2.45) is 0 Å². The Kier molecular flexibility index (Phi) is 6.19. The molecule has 1 saturated heterocycles. The molecule has 0 saturated carbocycles. The molecule has 1 aromatic rings. The zero-order valence-corrected chi connectivity index (χ0v) is 12.9. The Morgan fingerprint density at radius 1 is 1.05 bits per heavy atom. The standard InChI is InChI=1S/C17H27NO2/c1-15-8-9-16(17(14-15)19-2)20-13-7-12-18-10-5-3-4-6-11-18/h8-9,14H,3-7,10-13H2,1-2H3. The fourth-order valence-corrected chi connectivity index (χ4v) is 2.72. The van der Waals surface area contributed by atoms with E-state index in [0.717, 1.165) is 31.1 Å². The molecule has 0 bridgehead atoms. The molecule has 0 aromatic heterocycles. The first-order chi connectivity index (χ1) is 9.79. The topological polar surface area (TPSA) is 21.7 Å². The molecule has 1 aromatic carbocycles. The van der Waals surface area contributed by atoms with Crippen molar-refractivity contribution in [3.63, 3.8) is 0 Å².